The SMILES string of the molecule is CC1(C)O[C@H]2O[C@H](CO)[C@@H](N=[N+]=[N-])[C@H]2O1. The zero-order valence-electron chi connectivity index (χ0n) is 8.53. The van der Waals surface area contributed by atoms with E-state index in [4.69, 9.17) is 24.8 Å². The van der Waals surface area contributed by atoms with E-state index in [1.165, 1.54) is 0 Å². The molecule has 2 aliphatic heterocycles. The van der Waals surface area contributed by atoms with Crippen molar-refractivity contribution in [1.29, 1.82) is 0 Å². The van der Waals surface area contributed by atoms with E-state index in [1.54, 1.807) is 13.8 Å². The van der Waals surface area contributed by atoms with Crippen LogP contribution >= 0.6 is 0 Å². The van der Waals surface area contributed by atoms with Gasteiger partial charge in [-0.05, 0) is 19.4 Å². The van der Waals surface area contributed by atoms with Gasteiger partial charge in [0.25, 0.3) is 0 Å². The van der Waals surface area contributed by atoms with E-state index in [-0.39, 0.29) is 6.61 Å². The summed E-state index contributed by atoms with van der Waals surface area (Å²) >= 11 is 0. The lowest BCUT2D eigenvalue weighted by molar-refractivity contribution is -0.209. The first-order valence-corrected chi connectivity index (χ1v) is 4.73. The number of azide groups is 1. The van der Waals surface area contributed by atoms with E-state index >= 15 is 0 Å². The van der Waals surface area contributed by atoms with Gasteiger partial charge in [0, 0.05) is 4.91 Å². The molecule has 0 saturated carbocycles. The van der Waals surface area contributed by atoms with Crippen molar-refractivity contribution in [1.82, 2.24) is 0 Å². The zero-order chi connectivity index (χ0) is 11.1. The molecule has 84 valence electrons. The van der Waals surface area contributed by atoms with Crippen molar-refractivity contribution in [3.8, 4) is 0 Å². The van der Waals surface area contributed by atoms with Crippen LogP contribution in [0.15, 0.2) is 5.11 Å². The third kappa shape index (κ3) is 1.80. The van der Waals surface area contributed by atoms with Crippen LogP contribution in [0.1, 0.15) is 13.8 Å². The molecule has 0 aromatic carbocycles. The number of hydrogen-bond acceptors (Lipinski definition) is 5. The standard InChI is InChI=1S/C8H13N3O4/c1-8(2)14-6-5(10-11-9)4(3-12)13-7(6)15-8/h4-7,12H,3H2,1-2H3/t4-,5-,6-,7-/m1/s1. The van der Waals surface area contributed by atoms with Crippen LogP contribution in [0.25, 0.3) is 10.4 Å². The topological polar surface area (TPSA) is 96.7 Å². The second kappa shape index (κ2) is 3.62. The van der Waals surface area contributed by atoms with Crippen LogP contribution in [0.5, 0.6) is 0 Å². The molecular formula is C8H13N3O4. The van der Waals surface area contributed by atoms with Gasteiger partial charge >= 0.3 is 0 Å². The molecule has 0 amide bonds. The van der Waals surface area contributed by atoms with Crippen molar-refractivity contribution in [2.45, 2.75) is 44.2 Å². The minimum absolute atomic E-state index is 0.218. The third-order valence-electron chi connectivity index (χ3n) is 2.48. The van der Waals surface area contributed by atoms with Gasteiger partial charge in [-0.1, -0.05) is 5.11 Å². The monoisotopic (exact) mass is 215 g/mol. The molecule has 7 heteroatoms. The molecule has 2 rings (SSSR count). The molecule has 0 spiro atoms. The predicted molar refractivity (Wildman–Crippen MR) is 48.7 cm³/mol. The second-order valence-corrected chi connectivity index (χ2v) is 4.02. The Morgan fingerprint density at radius 2 is 2.20 bits per heavy atom. The molecule has 2 saturated heterocycles. The average molecular weight is 215 g/mol. The molecule has 0 bridgehead atoms. The van der Waals surface area contributed by atoms with Crippen molar-refractivity contribution >= 4 is 0 Å². The minimum Gasteiger partial charge on any atom is -0.394 e. The summed E-state index contributed by atoms with van der Waals surface area (Å²) in [5.74, 6) is -0.737. The van der Waals surface area contributed by atoms with Gasteiger partial charge in [0.2, 0.25) is 0 Å². The fourth-order valence-electron chi connectivity index (χ4n) is 1.91. The molecule has 2 fully saturated rings. The van der Waals surface area contributed by atoms with E-state index < -0.39 is 30.3 Å². The van der Waals surface area contributed by atoms with Gasteiger partial charge in [-0.2, -0.15) is 0 Å². The van der Waals surface area contributed by atoms with Crippen LogP contribution in [-0.2, 0) is 14.2 Å². The van der Waals surface area contributed by atoms with Gasteiger partial charge in [0.05, 0.1) is 18.8 Å². The van der Waals surface area contributed by atoms with E-state index in [2.05, 4.69) is 10.0 Å². The summed E-state index contributed by atoms with van der Waals surface area (Å²) in [4.78, 5) is 2.72. The Morgan fingerprint density at radius 3 is 2.80 bits per heavy atom. The Labute approximate surface area is 86.6 Å². The molecule has 0 aromatic rings. The summed E-state index contributed by atoms with van der Waals surface area (Å²) in [6.45, 7) is 3.30. The molecule has 0 radical (unpaired) electrons. The van der Waals surface area contributed by atoms with Crippen LogP contribution in [0.3, 0.4) is 0 Å². The summed E-state index contributed by atoms with van der Waals surface area (Å²) in [5.41, 5.74) is 8.41. The van der Waals surface area contributed by atoms with Crippen LogP contribution in [0, 0.1) is 0 Å². The average Bonchev–Trinajstić information content (AvgIpc) is 2.60. The van der Waals surface area contributed by atoms with Crippen molar-refractivity contribution in [3.63, 3.8) is 0 Å². The first-order valence-electron chi connectivity index (χ1n) is 4.73. The highest BCUT2D eigenvalue weighted by Gasteiger charge is 2.54. The Kier molecular flexibility index (Phi) is 2.57. The summed E-state index contributed by atoms with van der Waals surface area (Å²) in [6, 6.07) is -0.535. The first kappa shape index (κ1) is 10.7. The van der Waals surface area contributed by atoms with Gasteiger partial charge in [-0.25, -0.2) is 0 Å². The molecule has 0 aliphatic carbocycles. The van der Waals surface area contributed by atoms with Crippen molar-refractivity contribution in [2.75, 3.05) is 6.61 Å². The quantitative estimate of drug-likeness (QED) is 0.413. The highest BCUT2D eigenvalue weighted by atomic mass is 16.8. The van der Waals surface area contributed by atoms with E-state index in [9.17, 15) is 0 Å². The van der Waals surface area contributed by atoms with E-state index in [0.717, 1.165) is 0 Å². The lowest BCUT2D eigenvalue weighted by atomic mass is 10.1. The highest BCUT2D eigenvalue weighted by Crippen LogP contribution is 2.38. The van der Waals surface area contributed by atoms with Crippen LogP contribution in [0.4, 0.5) is 0 Å². The Morgan fingerprint density at radius 1 is 1.47 bits per heavy atom. The molecule has 2 heterocycles. The summed E-state index contributed by atoms with van der Waals surface area (Å²) < 4.78 is 16.4. The van der Waals surface area contributed by atoms with Gasteiger partial charge in [0.1, 0.15) is 6.10 Å². The summed E-state index contributed by atoms with van der Waals surface area (Å²) in [7, 11) is 0. The van der Waals surface area contributed by atoms with Gasteiger partial charge in [-0.15, -0.1) is 0 Å². The normalized spacial score (nSPS) is 42.3. The number of hydrogen-bond donors (Lipinski definition) is 1. The number of rotatable bonds is 2. The van der Waals surface area contributed by atoms with Gasteiger partial charge in [0.15, 0.2) is 12.1 Å². The lowest BCUT2D eigenvalue weighted by Crippen LogP contribution is -2.34. The highest BCUT2D eigenvalue weighted by molar-refractivity contribution is 4.97. The molecule has 1 N–H and O–H groups in total. The van der Waals surface area contributed by atoms with Gasteiger partial charge < -0.3 is 19.3 Å². The maximum Gasteiger partial charge on any atom is 0.188 e. The summed E-state index contributed by atoms with van der Waals surface area (Å²) in [5, 5.41) is 12.6. The molecule has 4 atom stereocenters. The molecule has 2 aliphatic rings. The Balaban J connectivity index is 2.17. The summed E-state index contributed by atoms with van der Waals surface area (Å²) in [6.07, 6.45) is -1.55. The minimum atomic E-state index is -0.737. The predicted octanol–water partition coefficient (Wildman–Crippen LogP) is 0.534. The molecule has 0 unspecified atom stereocenters. The maximum atomic E-state index is 9.03. The molecule has 0 aromatic heterocycles. The van der Waals surface area contributed by atoms with Crippen molar-refractivity contribution in [3.05, 3.63) is 10.4 Å². The number of nitrogens with zero attached hydrogens (tertiary/aromatic N) is 3. The number of fused-ring (bicyclic) bond motifs is 1. The molecular weight excluding hydrogens is 202 g/mol. The van der Waals surface area contributed by atoms with Crippen molar-refractivity contribution < 1.29 is 19.3 Å². The fourth-order valence-corrected chi connectivity index (χ4v) is 1.91. The number of aliphatic hydroxyl groups is 1. The van der Waals surface area contributed by atoms with Crippen LogP contribution < -0.4 is 0 Å². The number of aliphatic hydroxyl groups excluding tert-OH is 1. The van der Waals surface area contributed by atoms with E-state index in [1.807, 2.05) is 0 Å². The number of ether oxygens (including phenoxy) is 3. The maximum absolute atomic E-state index is 9.03. The Bertz CT molecular complexity index is 302. The third-order valence-corrected chi connectivity index (χ3v) is 2.48. The van der Waals surface area contributed by atoms with Crippen LogP contribution in [-0.4, -0.2) is 42.0 Å². The largest absolute Gasteiger partial charge is 0.394 e. The molecule has 15 heavy (non-hydrogen) atoms. The zero-order valence-corrected chi connectivity index (χ0v) is 8.53. The molecule has 7 nitrogen and oxygen atoms in total. The van der Waals surface area contributed by atoms with E-state index in [0.29, 0.717) is 0 Å². The van der Waals surface area contributed by atoms with Crippen molar-refractivity contribution in [2.24, 2.45) is 5.11 Å². The fraction of sp³-hybridized carbons (Fsp3) is 1.00. The Hall–Kier alpha value is -0.850. The first-order chi connectivity index (χ1) is 7.07. The second-order valence-electron chi connectivity index (χ2n) is 4.02. The van der Waals surface area contributed by atoms with Crippen LogP contribution in [0.2, 0.25) is 0 Å². The lowest BCUT2D eigenvalue weighted by Gasteiger charge is -2.22. The van der Waals surface area contributed by atoms with Gasteiger partial charge in [-0.3, -0.25) is 0 Å². The smallest absolute Gasteiger partial charge is 0.188 e.